The van der Waals surface area contributed by atoms with Gasteiger partial charge in [0.15, 0.2) is 0 Å². The van der Waals surface area contributed by atoms with Gasteiger partial charge in [-0.2, -0.15) is 0 Å². The third-order valence-corrected chi connectivity index (χ3v) is 3.99. The van der Waals surface area contributed by atoms with E-state index in [2.05, 4.69) is 38.1 Å². The number of benzene rings is 1. The highest BCUT2D eigenvalue weighted by molar-refractivity contribution is 6.61. The molecule has 0 aliphatic carbocycles. The first-order chi connectivity index (χ1) is 9.83. The predicted octanol–water partition coefficient (Wildman–Crippen LogP) is 3.94. The smallest absolute Gasteiger partial charge is 0.404 e. The van der Waals surface area contributed by atoms with Gasteiger partial charge in [-0.1, -0.05) is 69.9 Å². The third kappa shape index (κ3) is 4.64. The fraction of sp³-hybridized carbons (Fsp3) is 0.647. The molecule has 2 rings (SSSR count). The number of hydrogen-bond acceptors (Lipinski definition) is 2. The van der Waals surface area contributed by atoms with Gasteiger partial charge in [0.2, 0.25) is 0 Å². The van der Waals surface area contributed by atoms with Crippen LogP contribution in [0.1, 0.15) is 58.8 Å². The summed E-state index contributed by atoms with van der Waals surface area (Å²) in [6.07, 6.45) is 9.04. The average Bonchev–Trinajstić information content (AvgIpc) is 2.51. The van der Waals surface area contributed by atoms with E-state index in [1.165, 1.54) is 25.7 Å². The van der Waals surface area contributed by atoms with Crippen LogP contribution in [-0.2, 0) is 9.31 Å². The van der Waals surface area contributed by atoms with Crippen LogP contribution in [0.15, 0.2) is 30.3 Å². The fourth-order valence-corrected chi connectivity index (χ4v) is 2.79. The van der Waals surface area contributed by atoms with Gasteiger partial charge in [0, 0.05) is 12.2 Å². The molecule has 1 saturated heterocycles. The van der Waals surface area contributed by atoms with Crippen LogP contribution in [0, 0.1) is 0 Å². The Labute approximate surface area is 124 Å². The Hall–Kier alpha value is -0.795. The van der Waals surface area contributed by atoms with Crippen LogP contribution in [0.2, 0.25) is 0 Å². The van der Waals surface area contributed by atoms with E-state index >= 15 is 0 Å². The van der Waals surface area contributed by atoms with E-state index in [1.54, 1.807) is 0 Å². The summed E-state index contributed by atoms with van der Waals surface area (Å²) < 4.78 is 12.3. The van der Waals surface area contributed by atoms with Crippen molar-refractivity contribution in [2.75, 3.05) is 0 Å². The van der Waals surface area contributed by atoms with Crippen LogP contribution in [-0.4, -0.2) is 19.3 Å². The standard InChI is InChI=1S/C17H27BO2/c1-3-5-12-16-14-17(13-6-4-2)20-18(19-16)15-10-8-7-9-11-15/h7-11,16-17H,3-6,12-14H2,1-2H3/t16-,17+. The molecule has 0 aromatic heterocycles. The Bertz CT molecular complexity index is 353. The van der Waals surface area contributed by atoms with Crippen LogP contribution < -0.4 is 5.46 Å². The van der Waals surface area contributed by atoms with Crippen LogP contribution in [0.4, 0.5) is 0 Å². The lowest BCUT2D eigenvalue weighted by Gasteiger charge is -2.34. The maximum Gasteiger partial charge on any atom is 0.494 e. The Balaban J connectivity index is 1.99. The Kier molecular flexibility index (Phi) is 6.61. The topological polar surface area (TPSA) is 18.5 Å². The van der Waals surface area contributed by atoms with Gasteiger partial charge in [0.1, 0.15) is 0 Å². The second kappa shape index (κ2) is 8.48. The predicted molar refractivity (Wildman–Crippen MR) is 85.2 cm³/mol. The van der Waals surface area contributed by atoms with Crippen molar-refractivity contribution in [1.82, 2.24) is 0 Å². The van der Waals surface area contributed by atoms with Gasteiger partial charge in [-0.15, -0.1) is 0 Å². The minimum atomic E-state index is -0.173. The molecule has 3 heteroatoms. The fourth-order valence-electron chi connectivity index (χ4n) is 2.79. The SMILES string of the molecule is CCCC[C@@H]1C[C@H](CCCC)OB(c2ccccc2)O1. The maximum atomic E-state index is 6.16. The lowest BCUT2D eigenvalue weighted by molar-refractivity contribution is 0.0134. The quantitative estimate of drug-likeness (QED) is 0.701. The molecule has 1 aromatic carbocycles. The molecule has 1 fully saturated rings. The summed E-state index contributed by atoms with van der Waals surface area (Å²) >= 11 is 0. The molecule has 1 heterocycles. The molecule has 20 heavy (non-hydrogen) atoms. The first kappa shape index (κ1) is 15.6. The number of hydrogen-bond donors (Lipinski definition) is 0. The molecule has 0 spiro atoms. The molecule has 110 valence electrons. The van der Waals surface area contributed by atoms with Gasteiger partial charge in [0.25, 0.3) is 0 Å². The molecule has 1 aromatic rings. The molecule has 1 aliphatic rings. The zero-order chi connectivity index (χ0) is 14.2. The van der Waals surface area contributed by atoms with Crippen molar-refractivity contribution in [2.24, 2.45) is 0 Å². The lowest BCUT2D eigenvalue weighted by Crippen LogP contribution is -2.48. The highest BCUT2D eigenvalue weighted by atomic mass is 16.6. The van der Waals surface area contributed by atoms with Crippen molar-refractivity contribution in [3.63, 3.8) is 0 Å². The van der Waals surface area contributed by atoms with E-state index in [-0.39, 0.29) is 7.12 Å². The Morgan fingerprint density at radius 2 is 1.50 bits per heavy atom. The molecular weight excluding hydrogens is 247 g/mol. The van der Waals surface area contributed by atoms with E-state index < -0.39 is 0 Å². The van der Waals surface area contributed by atoms with Gasteiger partial charge in [-0.3, -0.25) is 0 Å². The van der Waals surface area contributed by atoms with Gasteiger partial charge in [0.05, 0.1) is 0 Å². The molecule has 0 bridgehead atoms. The molecular formula is C17H27BO2. The summed E-state index contributed by atoms with van der Waals surface area (Å²) in [6, 6.07) is 10.3. The molecule has 0 amide bonds. The minimum Gasteiger partial charge on any atom is -0.404 e. The van der Waals surface area contributed by atoms with Crippen molar-refractivity contribution >= 4 is 12.6 Å². The third-order valence-electron chi connectivity index (χ3n) is 3.99. The first-order valence-corrected chi connectivity index (χ1v) is 8.19. The number of rotatable bonds is 7. The van der Waals surface area contributed by atoms with E-state index in [0.29, 0.717) is 12.2 Å². The summed E-state index contributed by atoms with van der Waals surface area (Å²) in [5.41, 5.74) is 1.15. The Morgan fingerprint density at radius 1 is 0.950 bits per heavy atom. The average molecular weight is 274 g/mol. The van der Waals surface area contributed by atoms with E-state index in [0.717, 1.165) is 24.7 Å². The van der Waals surface area contributed by atoms with Crippen LogP contribution in [0.5, 0.6) is 0 Å². The van der Waals surface area contributed by atoms with E-state index in [4.69, 9.17) is 9.31 Å². The largest absolute Gasteiger partial charge is 0.494 e. The summed E-state index contributed by atoms with van der Waals surface area (Å²) in [7, 11) is -0.173. The minimum absolute atomic E-state index is 0.173. The molecule has 1 aliphatic heterocycles. The maximum absolute atomic E-state index is 6.16. The van der Waals surface area contributed by atoms with E-state index in [9.17, 15) is 0 Å². The Morgan fingerprint density at radius 3 is 2.00 bits per heavy atom. The normalized spacial score (nSPS) is 23.0. The summed E-state index contributed by atoms with van der Waals surface area (Å²) in [6.45, 7) is 4.48. The lowest BCUT2D eigenvalue weighted by atomic mass is 9.76. The first-order valence-electron chi connectivity index (χ1n) is 8.19. The zero-order valence-electron chi connectivity index (χ0n) is 12.9. The van der Waals surface area contributed by atoms with E-state index in [1.807, 2.05) is 6.07 Å². The molecule has 2 atom stereocenters. The molecule has 0 radical (unpaired) electrons. The van der Waals surface area contributed by atoms with Crippen molar-refractivity contribution in [3.05, 3.63) is 30.3 Å². The summed E-state index contributed by atoms with van der Waals surface area (Å²) in [5, 5.41) is 0. The second-order valence-corrected chi connectivity index (χ2v) is 5.78. The highest BCUT2D eigenvalue weighted by Crippen LogP contribution is 2.23. The van der Waals surface area contributed by atoms with Gasteiger partial charge in [-0.05, 0) is 24.7 Å². The highest BCUT2D eigenvalue weighted by Gasteiger charge is 2.34. The monoisotopic (exact) mass is 274 g/mol. The van der Waals surface area contributed by atoms with Crippen molar-refractivity contribution in [1.29, 1.82) is 0 Å². The van der Waals surface area contributed by atoms with Crippen molar-refractivity contribution < 1.29 is 9.31 Å². The van der Waals surface area contributed by atoms with Crippen LogP contribution in [0.3, 0.4) is 0 Å². The van der Waals surface area contributed by atoms with Gasteiger partial charge < -0.3 is 9.31 Å². The van der Waals surface area contributed by atoms with Gasteiger partial charge in [-0.25, -0.2) is 0 Å². The molecule has 0 unspecified atom stereocenters. The van der Waals surface area contributed by atoms with Crippen molar-refractivity contribution in [2.45, 2.75) is 71.0 Å². The number of unbranched alkanes of at least 4 members (excludes halogenated alkanes) is 2. The van der Waals surface area contributed by atoms with Crippen LogP contribution in [0.25, 0.3) is 0 Å². The van der Waals surface area contributed by atoms with Crippen LogP contribution >= 0.6 is 0 Å². The molecule has 2 nitrogen and oxygen atoms in total. The molecule has 0 N–H and O–H groups in total. The van der Waals surface area contributed by atoms with Gasteiger partial charge >= 0.3 is 7.12 Å². The summed E-state index contributed by atoms with van der Waals surface area (Å²) in [5.74, 6) is 0. The summed E-state index contributed by atoms with van der Waals surface area (Å²) in [4.78, 5) is 0. The van der Waals surface area contributed by atoms with Crippen molar-refractivity contribution in [3.8, 4) is 0 Å². The molecule has 0 saturated carbocycles. The zero-order valence-corrected chi connectivity index (χ0v) is 12.9. The second-order valence-electron chi connectivity index (χ2n) is 5.78.